The smallest absolute Gasteiger partial charge is 0.279 e. The second kappa shape index (κ2) is 6.30. The number of aryl methyl sites for hydroxylation is 1. The number of thiazole rings is 1. The first-order chi connectivity index (χ1) is 10.6. The lowest BCUT2D eigenvalue weighted by Gasteiger charge is -2.05. The fourth-order valence-electron chi connectivity index (χ4n) is 2.11. The molecule has 110 valence electrons. The van der Waals surface area contributed by atoms with Gasteiger partial charge in [0.05, 0.1) is 0 Å². The van der Waals surface area contributed by atoms with Crippen LogP contribution in [-0.4, -0.2) is 10.5 Å². The van der Waals surface area contributed by atoms with E-state index in [1.807, 2.05) is 59.3 Å². The van der Waals surface area contributed by atoms with Crippen LogP contribution in [0.3, 0.4) is 0 Å². The average Bonchev–Trinajstić information content (AvgIpc) is 2.90. The highest BCUT2D eigenvalue weighted by atomic mass is 35.5. The number of hydrogen-bond acceptors (Lipinski definition) is 2. The molecule has 0 aliphatic rings. The summed E-state index contributed by atoms with van der Waals surface area (Å²) in [4.78, 5) is 17.2. The van der Waals surface area contributed by atoms with E-state index in [1.54, 1.807) is 12.1 Å². The standard InChI is InChI=1S/C17H13ClN2OS/c1-12-11-22-17(19-16(21)13-5-3-2-4-6-13)20(12)15-9-7-14(18)8-10-15/h2-11H,1H3. The summed E-state index contributed by atoms with van der Waals surface area (Å²) in [7, 11) is 0. The normalized spacial score (nSPS) is 11.6. The molecule has 0 aliphatic heterocycles. The Morgan fingerprint density at radius 1 is 1.09 bits per heavy atom. The van der Waals surface area contributed by atoms with Crippen molar-refractivity contribution in [2.45, 2.75) is 6.92 Å². The quantitative estimate of drug-likeness (QED) is 0.692. The lowest BCUT2D eigenvalue weighted by Crippen LogP contribution is -2.16. The van der Waals surface area contributed by atoms with Crippen molar-refractivity contribution < 1.29 is 4.79 Å². The molecule has 0 aliphatic carbocycles. The number of halogens is 1. The van der Waals surface area contributed by atoms with Crippen molar-refractivity contribution in [3.05, 3.63) is 81.1 Å². The number of aromatic nitrogens is 1. The second-order valence-electron chi connectivity index (χ2n) is 4.75. The summed E-state index contributed by atoms with van der Waals surface area (Å²) in [5.41, 5.74) is 2.53. The molecule has 3 nitrogen and oxygen atoms in total. The minimum atomic E-state index is -0.245. The molecule has 3 rings (SSSR count). The fourth-order valence-corrected chi connectivity index (χ4v) is 3.10. The molecule has 0 spiro atoms. The van der Waals surface area contributed by atoms with E-state index in [0.29, 0.717) is 15.4 Å². The molecule has 0 unspecified atom stereocenters. The van der Waals surface area contributed by atoms with Gasteiger partial charge in [-0.2, -0.15) is 4.99 Å². The molecule has 0 radical (unpaired) electrons. The van der Waals surface area contributed by atoms with Gasteiger partial charge in [0.15, 0.2) is 4.80 Å². The van der Waals surface area contributed by atoms with Crippen LogP contribution < -0.4 is 4.80 Å². The van der Waals surface area contributed by atoms with Gasteiger partial charge in [-0.25, -0.2) is 0 Å². The summed E-state index contributed by atoms with van der Waals surface area (Å²) >= 11 is 7.37. The molecule has 0 N–H and O–H groups in total. The summed E-state index contributed by atoms with van der Waals surface area (Å²) in [6, 6.07) is 16.5. The van der Waals surface area contributed by atoms with E-state index in [0.717, 1.165) is 11.4 Å². The Morgan fingerprint density at radius 3 is 2.45 bits per heavy atom. The largest absolute Gasteiger partial charge is 0.290 e. The summed E-state index contributed by atoms with van der Waals surface area (Å²) in [5, 5.41) is 2.65. The third-order valence-corrected chi connectivity index (χ3v) is 4.38. The predicted octanol–water partition coefficient (Wildman–Crippen LogP) is 4.24. The zero-order valence-corrected chi connectivity index (χ0v) is 13.4. The molecule has 3 aromatic rings. The van der Waals surface area contributed by atoms with Crippen molar-refractivity contribution in [3.63, 3.8) is 0 Å². The van der Waals surface area contributed by atoms with Gasteiger partial charge in [0.1, 0.15) is 0 Å². The molecule has 2 aromatic carbocycles. The van der Waals surface area contributed by atoms with Gasteiger partial charge in [-0.1, -0.05) is 29.8 Å². The van der Waals surface area contributed by atoms with E-state index in [2.05, 4.69) is 4.99 Å². The topological polar surface area (TPSA) is 34.4 Å². The first kappa shape index (κ1) is 14.8. The number of carbonyl (C=O) groups excluding carboxylic acids is 1. The van der Waals surface area contributed by atoms with Crippen molar-refractivity contribution >= 4 is 28.8 Å². The molecule has 0 bridgehead atoms. The molecule has 5 heteroatoms. The molecule has 1 heterocycles. The zero-order chi connectivity index (χ0) is 15.5. The summed E-state index contributed by atoms with van der Waals surface area (Å²) in [6.45, 7) is 1.98. The predicted molar refractivity (Wildman–Crippen MR) is 89.7 cm³/mol. The first-order valence-electron chi connectivity index (χ1n) is 6.72. The van der Waals surface area contributed by atoms with E-state index in [-0.39, 0.29) is 5.91 Å². The summed E-state index contributed by atoms with van der Waals surface area (Å²) < 4.78 is 1.95. The highest BCUT2D eigenvalue weighted by Gasteiger charge is 2.07. The molecular weight excluding hydrogens is 316 g/mol. The van der Waals surface area contributed by atoms with E-state index in [9.17, 15) is 4.79 Å². The molecule has 1 aromatic heterocycles. The summed E-state index contributed by atoms with van der Waals surface area (Å²) in [6.07, 6.45) is 0. The van der Waals surface area contributed by atoms with Crippen molar-refractivity contribution in [2.75, 3.05) is 0 Å². The van der Waals surface area contributed by atoms with Gasteiger partial charge in [0.25, 0.3) is 5.91 Å². The van der Waals surface area contributed by atoms with Crippen LogP contribution in [0.15, 0.2) is 65.0 Å². The van der Waals surface area contributed by atoms with Gasteiger partial charge in [0.2, 0.25) is 0 Å². The van der Waals surface area contributed by atoms with Crippen molar-refractivity contribution in [1.29, 1.82) is 0 Å². The Kier molecular flexibility index (Phi) is 4.22. The van der Waals surface area contributed by atoms with Crippen LogP contribution in [0.1, 0.15) is 16.1 Å². The Hall–Kier alpha value is -2.17. The van der Waals surface area contributed by atoms with E-state index in [1.165, 1.54) is 11.3 Å². The monoisotopic (exact) mass is 328 g/mol. The van der Waals surface area contributed by atoms with Gasteiger partial charge in [-0.15, -0.1) is 11.3 Å². The van der Waals surface area contributed by atoms with Crippen molar-refractivity contribution in [3.8, 4) is 5.69 Å². The van der Waals surface area contributed by atoms with Crippen molar-refractivity contribution in [1.82, 2.24) is 4.57 Å². The van der Waals surface area contributed by atoms with Crippen molar-refractivity contribution in [2.24, 2.45) is 4.99 Å². The Balaban J connectivity index is 2.07. The van der Waals surface area contributed by atoms with Crippen LogP contribution in [0.5, 0.6) is 0 Å². The zero-order valence-electron chi connectivity index (χ0n) is 11.9. The van der Waals surface area contributed by atoms with Crippen LogP contribution in [-0.2, 0) is 0 Å². The van der Waals surface area contributed by atoms with Gasteiger partial charge in [-0.3, -0.25) is 9.36 Å². The number of amides is 1. The fraction of sp³-hybridized carbons (Fsp3) is 0.0588. The van der Waals surface area contributed by atoms with E-state index >= 15 is 0 Å². The maximum Gasteiger partial charge on any atom is 0.279 e. The Labute approximate surface area is 137 Å². The van der Waals surface area contributed by atoms with Gasteiger partial charge < -0.3 is 0 Å². The highest BCUT2D eigenvalue weighted by molar-refractivity contribution is 7.07. The lowest BCUT2D eigenvalue weighted by atomic mass is 10.2. The molecular formula is C17H13ClN2OS. The van der Waals surface area contributed by atoms with Crippen LogP contribution in [0.25, 0.3) is 5.69 Å². The third kappa shape index (κ3) is 3.03. The number of nitrogens with zero attached hydrogens (tertiary/aromatic N) is 2. The minimum Gasteiger partial charge on any atom is -0.290 e. The summed E-state index contributed by atoms with van der Waals surface area (Å²) in [5.74, 6) is -0.245. The number of benzene rings is 2. The van der Waals surface area contributed by atoms with Gasteiger partial charge in [-0.05, 0) is 43.3 Å². The first-order valence-corrected chi connectivity index (χ1v) is 7.98. The lowest BCUT2D eigenvalue weighted by molar-refractivity contribution is 0.0998. The third-order valence-electron chi connectivity index (χ3n) is 3.18. The molecule has 0 atom stereocenters. The number of rotatable bonds is 2. The van der Waals surface area contributed by atoms with E-state index < -0.39 is 0 Å². The molecule has 22 heavy (non-hydrogen) atoms. The van der Waals surface area contributed by atoms with Crippen LogP contribution in [0.2, 0.25) is 5.02 Å². The van der Waals surface area contributed by atoms with Crippen LogP contribution >= 0.6 is 22.9 Å². The van der Waals surface area contributed by atoms with Gasteiger partial charge in [0, 0.05) is 27.3 Å². The molecule has 0 saturated carbocycles. The second-order valence-corrected chi connectivity index (χ2v) is 6.03. The molecule has 0 saturated heterocycles. The minimum absolute atomic E-state index is 0.245. The number of hydrogen-bond donors (Lipinski definition) is 0. The maximum atomic E-state index is 12.3. The Morgan fingerprint density at radius 2 is 1.77 bits per heavy atom. The average molecular weight is 329 g/mol. The SMILES string of the molecule is Cc1csc(=NC(=O)c2ccccc2)n1-c1ccc(Cl)cc1. The van der Waals surface area contributed by atoms with Gasteiger partial charge >= 0.3 is 0 Å². The molecule has 1 amide bonds. The highest BCUT2D eigenvalue weighted by Crippen LogP contribution is 2.15. The Bertz CT molecular complexity index is 864. The number of carbonyl (C=O) groups is 1. The maximum absolute atomic E-state index is 12.3. The molecule has 0 fully saturated rings. The van der Waals surface area contributed by atoms with Crippen LogP contribution in [0.4, 0.5) is 0 Å². The van der Waals surface area contributed by atoms with E-state index in [4.69, 9.17) is 11.6 Å². The van der Waals surface area contributed by atoms with Crippen LogP contribution in [0, 0.1) is 6.92 Å².